The summed E-state index contributed by atoms with van der Waals surface area (Å²) in [4.78, 5) is 24.5. The Morgan fingerprint density at radius 3 is 2.25 bits per heavy atom. The van der Waals surface area contributed by atoms with E-state index in [1.54, 1.807) is 11.9 Å². The van der Waals surface area contributed by atoms with Crippen LogP contribution < -0.4 is 0 Å². The Morgan fingerprint density at radius 1 is 1.10 bits per heavy atom. The summed E-state index contributed by atoms with van der Waals surface area (Å²) in [5, 5.41) is 0. The van der Waals surface area contributed by atoms with Crippen molar-refractivity contribution in [2.75, 3.05) is 20.7 Å². The zero-order valence-electron chi connectivity index (χ0n) is 12.5. The van der Waals surface area contributed by atoms with Gasteiger partial charge in [-0.25, -0.2) is 0 Å². The van der Waals surface area contributed by atoms with Crippen molar-refractivity contribution in [1.29, 1.82) is 0 Å². The summed E-state index contributed by atoms with van der Waals surface area (Å²) < 4.78 is 4.55. The van der Waals surface area contributed by atoms with Crippen molar-refractivity contribution in [3.05, 3.63) is 35.4 Å². The summed E-state index contributed by atoms with van der Waals surface area (Å²) in [6.45, 7) is 2.52. The normalized spacial score (nSPS) is 10.2. The summed E-state index contributed by atoms with van der Waals surface area (Å²) in [6, 6.07) is 8.34. The highest BCUT2D eigenvalue weighted by molar-refractivity contribution is 5.77. The average molecular weight is 277 g/mol. The molecule has 0 aliphatic carbocycles. The molecule has 110 valence electrons. The molecule has 0 saturated carbocycles. The molecule has 0 heterocycles. The van der Waals surface area contributed by atoms with E-state index in [1.807, 2.05) is 0 Å². The molecule has 4 nitrogen and oxygen atoms in total. The van der Waals surface area contributed by atoms with Crippen LogP contribution in [0.4, 0.5) is 0 Å². The van der Waals surface area contributed by atoms with Crippen molar-refractivity contribution in [3.63, 3.8) is 0 Å². The van der Waals surface area contributed by atoms with Crippen molar-refractivity contribution in [1.82, 2.24) is 4.90 Å². The van der Waals surface area contributed by atoms with Gasteiger partial charge in [-0.3, -0.25) is 9.59 Å². The first kappa shape index (κ1) is 16.2. The summed E-state index contributed by atoms with van der Waals surface area (Å²) in [7, 11) is 3.07. The van der Waals surface area contributed by atoms with Crippen LogP contribution in [0.2, 0.25) is 0 Å². The number of hydrogen-bond acceptors (Lipinski definition) is 3. The zero-order valence-corrected chi connectivity index (χ0v) is 12.5. The van der Waals surface area contributed by atoms with Gasteiger partial charge in [-0.15, -0.1) is 0 Å². The molecule has 0 bridgehead atoms. The van der Waals surface area contributed by atoms with E-state index >= 15 is 0 Å². The lowest BCUT2D eigenvalue weighted by Crippen LogP contribution is -2.29. The fourth-order valence-corrected chi connectivity index (χ4v) is 1.87. The Labute approximate surface area is 120 Å². The smallest absolute Gasteiger partial charge is 0.307 e. The van der Waals surface area contributed by atoms with E-state index < -0.39 is 0 Å². The van der Waals surface area contributed by atoms with Gasteiger partial charge in [0.25, 0.3) is 0 Å². The number of aryl methyl sites for hydroxylation is 2. The van der Waals surface area contributed by atoms with Gasteiger partial charge in [0.05, 0.1) is 13.5 Å². The van der Waals surface area contributed by atoms with Crippen LogP contribution in [0.1, 0.15) is 30.9 Å². The van der Waals surface area contributed by atoms with Crippen LogP contribution in [0, 0.1) is 0 Å². The van der Waals surface area contributed by atoms with E-state index in [0.29, 0.717) is 13.0 Å². The van der Waals surface area contributed by atoms with Crippen molar-refractivity contribution in [2.45, 2.75) is 32.6 Å². The largest absolute Gasteiger partial charge is 0.469 e. The molecule has 1 aromatic rings. The number of hydrogen-bond donors (Lipinski definition) is 0. The SMILES string of the molecule is CCc1ccc(CCC(=O)N(C)CCC(=O)OC)cc1. The van der Waals surface area contributed by atoms with E-state index in [4.69, 9.17) is 0 Å². The average Bonchev–Trinajstić information content (AvgIpc) is 2.50. The summed E-state index contributed by atoms with van der Waals surface area (Å²) >= 11 is 0. The number of rotatable bonds is 7. The maximum atomic E-state index is 11.9. The van der Waals surface area contributed by atoms with Crippen LogP contribution in [0.15, 0.2) is 24.3 Å². The summed E-state index contributed by atoms with van der Waals surface area (Å²) in [6.07, 6.45) is 2.45. The molecule has 1 amide bonds. The van der Waals surface area contributed by atoms with E-state index in [-0.39, 0.29) is 18.3 Å². The van der Waals surface area contributed by atoms with Gasteiger partial charge in [-0.05, 0) is 24.0 Å². The summed E-state index contributed by atoms with van der Waals surface area (Å²) in [5.74, 6) is -0.242. The highest BCUT2D eigenvalue weighted by Gasteiger charge is 2.10. The molecule has 0 spiro atoms. The quantitative estimate of drug-likeness (QED) is 0.718. The van der Waals surface area contributed by atoms with E-state index in [0.717, 1.165) is 18.4 Å². The van der Waals surface area contributed by atoms with Crippen LogP contribution in [-0.4, -0.2) is 37.5 Å². The monoisotopic (exact) mass is 277 g/mol. The molecule has 4 heteroatoms. The molecule has 1 aromatic carbocycles. The van der Waals surface area contributed by atoms with Crippen molar-refractivity contribution in [3.8, 4) is 0 Å². The van der Waals surface area contributed by atoms with Crippen LogP contribution in [-0.2, 0) is 27.2 Å². The molecule has 1 rings (SSSR count). The molecule has 0 saturated heterocycles. The number of carbonyl (C=O) groups excluding carboxylic acids is 2. The van der Waals surface area contributed by atoms with Crippen molar-refractivity contribution in [2.24, 2.45) is 0 Å². The number of ether oxygens (including phenoxy) is 1. The first-order chi connectivity index (χ1) is 9.56. The van der Waals surface area contributed by atoms with Gasteiger partial charge in [0.1, 0.15) is 0 Å². The molecule has 0 N–H and O–H groups in total. The second-order valence-electron chi connectivity index (χ2n) is 4.81. The van der Waals surface area contributed by atoms with Gasteiger partial charge in [0, 0.05) is 20.0 Å². The molecule has 0 radical (unpaired) electrons. The minimum Gasteiger partial charge on any atom is -0.469 e. The fraction of sp³-hybridized carbons (Fsp3) is 0.500. The zero-order chi connectivity index (χ0) is 15.0. The van der Waals surface area contributed by atoms with Gasteiger partial charge >= 0.3 is 5.97 Å². The highest BCUT2D eigenvalue weighted by atomic mass is 16.5. The number of nitrogens with zero attached hydrogens (tertiary/aromatic N) is 1. The standard InChI is InChI=1S/C16H23NO3/c1-4-13-5-7-14(8-6-13)9-10-15(18)17(2)12-11-16(19)20-3/h5-8H,4,9-12H2,1-3H3. The maximum Gasteiger partial charge on any atom is 0.307 e. The Morgan fingerprint density at radius 2 is 1.70 bits per heavy atom. The maximum absolute atomic E-state index is 11.9. The van der Waals surface area contributed by atoms with E-state index in [2.05, 4.69) is 35.9 Å². The topological polar surface area (TPSA) is 46.6 Å². The predicted molar refractivity (Wildman–Crippen MR) is 78.4 cm³/mol. The molecule has 0 aliphatic heterocycles. The van der Waals surface area contributed by atoms with Gasteiger partial charge in [-0.2, -0.15) is 0 Å². The first-order valence-corrected chi connectivity index (χ1v) is 6.95. The first-order valence-electron chi connectivity index (χ1n) is 6.95. The predicted octanol–water partition coefficient (Wildman–Crippen LogP) is 2.20. The van der Waals surface area contributed by atoms with Crippen LogP contribution in [0.3, 0.4) is 0 Å². The Bertz CT molecular complexity index is 440. The van der Waals surface area contributed by atoms with Gasteiger partial charge in [-0.1, -0.05) is 31.2 Å². The van der Waals surface area contributed by atoms with Gasteiger partial charge < -0.3 is 9.64 Å². The second kappa shape index (κ2) is 8.35. The lowest BCUT2D eigenvalue weighted by Gasteiger charge is -2.16. The molecule has 0 aliphatic rings. The number of esters is 1. The van der Waals surface area contributed by atoms with Gasteiger partial charge in [0.2, 0.25) is 5.91 Å². The third-order valence-corrected chi connectivity index (χ3v) is 3.36. The van der Waals surface area contributed by atoms with Crippen molar-refractivity contribution < 1.29 is 14.3 Å². The molecule has 0 aromatic heterocycles. The van der Waals surface area contributed by atoms with Crippen molar-refractivity contribution >= 4 is 11.9 Å². The Balaban J connectivity index is 2.35. The second-order valence-corrected chi connectivity index (χ2v) is 4.81. The third kappa shape index (κ3) is 5.43. The summed E-state index contributed by atoms with van der Waals surface area (Å²) in [5.41, 5.74) is 2.46. The van der Waals surface area contributed by atoms with Crippen LogP contribution >= 0.6 is 0 Å². The van der Waals surface area contributed by atoms with Crippen LogP contribution in [0.5, 0.6) is 0 Å². The van der Waals surface area contributed by atoms with Crippen LogP contribution in [0.25, 0.3) is 0 Å². The third-order valence-electron chi connectivity index (χ3n) is 3.36. The lowest BCUT2D eigenvalue weighted by molar-refractivity contribution is -0.141. The molecular formula is C16H23NO3. The molecule has 0 atom stereocenters. The Hall–Kier alpha value is -1.84. The van der Waals surface area contributed by atoms with E-state index in [1.165, 1.54) is 12.7 Å². The lowest BCUT2D eigenvalue weighted by atomic mass is 10.1. The molecule has 0 fully saturated rings. The Kier molecular flexibility index (Phi) is 6.77. The number of amides is 1. The number of carbonyl (C=O) groups is 2. The van der Waals surface area contributed by atoms with Gasteiger partial charge in [0.15, 0.2) is 0 Å². The highest BCUT2D eigenvalue weighted by Crippen LogP contribution is 2.08. The minimum atomic E-state index is -0.292. The molecule has 0 unspecified atom stereocenters. The molecular weight excluding hydrogens is 254 g/mol. The number of benzene rings is 1. The minimum absolute atomic E-state index is 0.0495. The number of methoxy groups -OCH3 is 1. The fourth-order valence-electron chi connectivity index (χ4n) is 1.87. The molecule has 20 heavy (non-hydrogen) atoms. The van der Waals surface area contributed by atoms with E-state index in [9.17, 15) is 9.59 Å².